The summed E-state index contributed by atoms with van der Waals surface area (Å²) >= 11 is 4.81. The van der Waals surface area contributed by atoms with Gasteiger partial charge in [0.25, 0.3) is 0 Å². The minimum Gasteiger partial charge on any atom is -0.444 e. The number of aromatic nitrogens is 1. The van der Waals surface area contributed by atoms with E-state index in [0.717, 1.165) is 23.9 Å². The maximum Gasteiger partial charge on any atom is 0.410 e. The number of carbonyl (C=O) groups is 1. The van der Waals surface area contributed by atoms with E-state index in [2.05, 4.69) is 20.9 Å². The second kappa shape index (κ2) is 8.35. The van der Waals surface area contributed by atoms with Crippen LogP contribution in [0.25, 0.3) is 11.3 Å². The molecule has 1 amide bonds. The molecule has 7 nitrogen and oxygen atoms in total. The van der Waals surface area contributed by atoms with Gasteiger partial charge in [-0.15, -0.1) is 11.3 Å². The lowest BCUT2D eigenvalue weighted by Crippen LogP contribution is -2.41. The highest BCUT2D eigenvalue weighted by atomic mass is 79.9. The topological polar surface area (TPSA) is 85.6 Å². The number of piperidine rings is 1. The first-order valence-corrected chi connectivity index (χ1v) is 10.7. The first-order valence-electron chi connectivity index (χ1n) is 9.14. The molecule has 1 aliphatic heterocycles. The Hall–Kier alpha value is -2.07. The third-order valence-corrected chi connectivity index (χ3v) is 6.40. The van der Waals surface area contributed by atoms with Gasteiger partial charge in [0.15, 0.2) is 0 Å². The van der Waals surface area contributed by atoms with Crippen LogP contribution in [-0.4, -0.2) is 39.6 Å². The van der Waals surface area contributed by atoms with E-state index in [1.807, 2.05) is 20.8 Å². The highest BCUT2D eigenvalue weighted by Crippen LogP contribution is 2.41. The van der Waals surface area contributed by atoms with E-state index in [1.54, 1.807) is 4.90 Å². The molecule has 3 rings (SSSR count). The van der Waals surface area contributed by atoms with E-state index in [0.29, 0.717) is 22.6 Å². The fourth-order valence-corrected chi connectivity index (χ4v) is 4.91. The fourth-order valence-electron chi connectivity index (χ4n) is 3.14. The van der Waals surface area contributed by atoms with Gasteiger partial charge in [0.1, 0.15) is 5.60 Å². The second-order valence-electron chi connectivity index (χ2n) is 7.81. The van der Waals surface area contributed by atoms with E-state index < -0.39 is 22.0 Å². The molecule has 0 saturated carbocycles. The van der Waals surface area contributed by atoms with E-state index >= 15 is 0 Å². The average Bonchev–Trinajstić information content (AvgIpc) is 3.02. The lowest BCUT2D eigenvalue weighted by atomic mass is 9.98. The fraction of sp³-hybridized carbons (Fsp3) is 0.474. The van der Waals surface area contributed by atoms with Crippen LogP contribution in [-0.2, 0) is 4.74 Å². The molecule has 0 unspecified atom stereocenters. The van der Waals surface area contributed by atoms with Gasteiger partial charge in [0.05, 0.1) is 19.4 Å². The van der Waals surface area contributed by atoms with Crippen molar-refractivity contribution in [3.8, 4) is 11.3 Å². The van der Waals surface area contributed by atoms with Crippen LogP contribution >= 0.6 is 27.3 Å². The van der Waals surface area contributed by atoms with Gasteiger partial charge in [-0.05, 0) is 55.6 Å². The summed E-state index contributed by atoms with van der Waals surface area (Å²) in [4.78, 5) is 28.7. The van der Waals surface area contributed by atoms with Crippen molar-refractivity contribution < 1.29 is 18.8 Å². The summed E-state index contributed by atoms with van der Waals surface area (Å²) in [6.07, 6.45) is 1.11. The molecule has 1 aromatic carbocycles. The zero-order chi connectivity index (χ0) is 21.3. The molecule has 0 aliphatic carbocycles. The molecule has 10 heteroatoms. The predicted molar refractivity (Wildman–Crippen MR) is 112 cm³/mol. The Morgan fingerprint density at radius 2 is 2.03 bits per heavy atom. The van der Waals surface area contributed by atoms with Gasteiger partial charge in [-0.3, -0.25) is 10.1 Å². The molecule has 0 bridgehead atoms. The summed E-state index contributed by atoms with van der Waals surface area (Å²) in [5.74, 6) is -0.764. The molecule has 2 aromatic rings. The lowest BCUT2D eigenvalue weighted by molar-refractivity contribution is -0.387. The number of nitro benzene ring substituents is 1. The molecular formula is C19H21BrFN3O4S. The van der Waals surface area contributed by atoms with Gasteiger partial charge in [0.2, 0.25) is 5.82 Å². The Morgan fingerprint density at radius 3 is 2.62 bits per heavy atom. The Bertz CT molecular complexity index is 936. The number of amides is 1. The molecule has 1 saturated heterocycles. The van der Waals surface area contributed by atoms with E-state index in [-0.39, 0.29) is 17.6 Å². The lowest BCUT2D eigenvalue weighted by Gasteiger charge is -2.32. The summed E-state index contributed by atoms with van der Waals surface area (Å²) in [6.45, 7) is 6.60. The Morgan fingerprint density at radius 1 is 1.38 bits per heavy atom. The number of benzene rings is 1. The zero-order valence-corrected chi connectivity index (χ0v) is 18.7. The van der Waals surface area contributed by atoms with Crippen LogP contribution in [0.15, 0.2) is 22.0 Å². The summed E-state index contributed by atoms with van der Waals surface area (Å²) in [5.41, 5.74) is -0.652. The summed E-state index contributed by atoms with van der Waals surface area (Å²) in [6, 6.07) is 4.06. The average molecular weight is 486 g/mol. The highest BCUT2D eigenvalue weighted by molar-refractivity contribution is 9.11. The van der Waals surface area contributed by atoms with Crippen molar-refractivity contribution in [1.29, 1.82) is 0 Å². The van der Waals surface area contributed by atoms with Crippen LogP contribution in [0.5, 0.6) is 0 Å². The van der Waals surface area contributed by atoms with Crippen molar-refractivity contribution in [1.82, 2.24) is 9.88 Å². The van der Waals surface area contributed by atoms with Gasteiger partial charge in [-0.25, -0.2) is 9.78 Å². The van der Waals surface area contributed by atoms with Crippen LogP contribution in [0, 0.1) is 15.9 Å². The molecule has 1 fully saturated rings. The Balaban J connectivity index is 1.75. The molecule has 0 N–H and O–H groups in total. The van der Waals surface area contributed by atoms with E-state index in [1.165, 1.54) is 23.5 Å². The number of halogens is 2. The zero-order valence-electron chi connectivity index (χ0n) is 16.3. The first-order chi connectivity index (χ1) is 13.6. The van der Waals surface area contributed by atoms with Crippen molar-refractivity contribution in [3.05, 3.63) is 42.9 Å². The number of nitro groups is 1. The van der Waals surface area contributed by atoms with Crippen LogP contribution in [0.3, 0.4) is 0 Å². The standard InChI is InChI=1S/C19H21BrFN3O4S/c1-19(2,3)28-18(25)23-9-7-11(8-10-23)17-22-15(16(20)29-17)12-5-4-6-13(14(12)21)24(26)27/h4-6,11H,7-10H2,1-3H3. The van der Waals surface area contributed by atoms with Crippen molar-refractivity contribution in [2.45, 2.75) is 45.1 Å². The molecule has 156 valence electrons. The maximum absolute atomic E-state index is 14.6. The smallest absolute Gasteiger partial charge is 0.410 e. The largest absolute Gasteiger partial charge is 0.444 e. The molecular weight excluding hydrogens is 465 g/mol. The summed E-state index contributed by atoms with van der Waals surface area (Å²) in [7, 11) is 0. The molecule has 0 spiro atoms. The van der Waals surface area contributed by atoms with Gasteiger partial charge in [-0.1, -0.05) is 6.07 Å². The minimum absolute atomic E-state index is 0.0970. The highest BCUT2D eigenvalue weighted by Gasteiger charge is 2.30. The number of likely N-dealkylation sites (tertiary alicyclic amines) is 1. The first kappa shape index (κ1) is 21.6. The Kier molecular flexibility index (Phi) is 6.23. The molecule has 1 aromatic heterocycles. The Labute approximate surface area is 180 Å². The normalized spacial score (nSPS) is 15.4. The number of hydrogen-bond donors (Lipinski definition) is 0. The van der Waals surface area contributed by atoms with Crippen molar-refractivity contribution in [2.24, 2.45) is 0 Å². The van der Waals surface area contributed by atoms with Crippen LogP contribution in [0.2, 0.25) is 0 Å². The molecule has 29 heavy (non-hydrogen) atoms. The molecule has 2 heterocycles. The molecule has 0 radical (unpaired) electrons. The molecule has 1 aliphatic rings. The number of carbonyl (C=O) groups excluding carboxylic acids is 1. The van der Waals surface area contributed by atoms with Gasteiger partial charge in [-0.2, -0.15) is 4.39 Å². The number of nitrogens with zero attached hydrogens (tertiary/aromatic N) is 3. The van der Waals surface area contributed by atoms with Crippen molar-refractivity contribution in [2.75, 3.05) is 13.1 Å². The summed E-state index contributed by atoms with van der Waals surface area (Å²) in [5, 5.41) is 11.8. The minimum atomic E-state index is -0.894. The van der Waals surface area contributed by atoms with E-state index in [9.17, 15) is 19.3 Å². The van der Waals surface area contributed by atoms with Gasteiger partial charge < -0.3 is 9.64 Å². The second-order valence-corrected chi connectivity index (χ2v) is 10.2. The monoisotopic (exact) mass is 485 g/mol. The predicted octanol–water partition coefficient (Wildman–Crippen LogP) is 5.73. The van der Waals surface area contributed by atoms with E-state index in [4.69, 9.17) is 4.74 Å². The van der Waals surface area contributed by atoms with Crippen LogP contribution in [0.4, 0.5) is 14.9 Å². The number of ether oxygens (including phenoxy) is 1. The molecule has 0 atom stereocenters. The van der Waals surface area contributed by atoms with Gasteiger partial charge in [0, 0.05) is 30.6 Å². The maximum atomic E-state index is 14.6. The SMILES string of the molecule is CC(C)(C)OC(=O)N1CCC(c2nc(-c3cccc([N+](=O)[O-])c3F)c(Br)s2)CC1. The third-order valence-electron chi connectivity index (χ3n) is 4.53. The number of thiazole rings is 1. The quantitative estimate of drug-likeness (QED) is 0.408. The third kappa shape index (κ3) is 4.92. The van der Waals surface area contributed by atoms with Crippen molar-refractivity contribution in [3.63, 3.8) is 0 Å². The van der Waals surface area contributed by atoms with Gasteiger partial charge >= 0.3 is 11.8 Å². The number of rotatable bonds is 3. The summed E-state index contributed by atoms with van der Waals surface area (Å²) < 4.78 is 20.6. The van der Waals surface area contributed by atoms with Crippen molar-refractivity contribution >= 4 is 39.0 Å². The number of hydrogen-bond acceptors (Lipinski definition) is 6. The van der Waals surface area contributed by atoms with Crippen LogP contribution in [0.1, 0.15) is 44.5 Å². The van der Waals surface area contributed by atoms with Crippen LogP contribution < -0.4 is 0 Å².